The molecule has 2 rings (SSSR count). The molecule has 0 bridgehead atoms. The first-order valence-corrected chi connectivity index (χ1v) is 7.17. The number of hydrogen-bond donors (Lipinski definition) is 1. The number of anilines is 2. The lowest BCUT2D eigenvalue weighted by Gasteiger charge is -2.12. The van der Waals surface area contributed by atoms with Gasteiger partial charge in [0.05, 0.1) is 17.1 Å². The van der Waals surface area contributed by atoms with Gasteiger partial charge in [-0.2, -0.15) is 0 Å². The molecule has 0 saturated carbocycles. The number of hydrogen-bond acceptors (Lipinski definition) is 3. The molecule has 0 spiro atoms. The van der Waals surface area contributed by atoms with E-state index >= 15 is 0 Å². The van der Waals surface area contributed by atoms with Crippen LogP contribution in [0.15, 0.2) is 27.1 Å². The fourth-order valence-corrected chi connectivity index (χ4v) is 2.80. The number of para-hydroxylation sites is 1. The lowest BCUT2D eigenvalue weighted by molar-refractivity contribution is 1.05. The molecular formula is C12H10Br2ClN3. The van der Waals surface area contributed by atoms with E-state index in [-0.39, 0.29) is 0 Å². The second-order valence-electron chi connectivity index (χ2n) is 3.76. The molecule has 3 nitrogen and oxygen atoms in total. The summed E-state index contributed by atoms with van der Waals surface area (Å²) in [5.41, 5.74) is 2.55. The Morgan fingerprint density at radius 1 is 1.06 bits per heavy atom. The molecule has 0 saturated heterocycles. The normalized spacial score (nSPS) is 10.5. The Labute approximate surface area is 127 Å². The van der Waals surface area contributed by atoms with Gasteiger partial charge >= 0.3 is 0 Å². The topological polar surface area (TPSA) is 37.8 Å². The number of aryl methyl sites for hydroxylation is 2. The Morgan fingerprint density at radius 2 is 1.61 bits per heavy atom. The number of nitrogens with one attached hydrogen (secondary N) is 1. The van der Waals surface area contributed by atoms with E-state index in [0.29, 0.717) is 11.0 Å². The van der Waals surface area contributed by atoms with E-state index in [0.717, 1.165) is 26.0 Å². The predicted octanol–water partition coefficient (Wildman–Crippen LogP) is 5.02. The zero-order chi connectivity index (χ0) is 13.3. The molecule has 94 valence electrons. The van der Waals surface area contributed by atoms with Crippen LogP contribution in [0.3, 0.4) is 0 Å². The number of aromatic nitrogens is 2. The van der Waals surface area contributed by atoms with Gasteiger partial charge in [0, 0.05) is 8.95 Å². The van der Waals surface area contributed by atoms with Gasteiger partial charge < -0.3 is 5.32 Å². The van der Waals surface area contributed by atoms with Crippen LogP contribution in [0, 0.1) is 13.8 Å². The minimum Gasteiger partial charge on any atom is -0.336 e. The number of halogens is 3. The van der Waals surface area contributed by atoms with Crippen LogP contribution in [0.1, 0.15) is 11.4 Å². The number of nitrogens with zero attached hydrogens (tertiary/aromatic N) is 2. The van der Waals surface area contributed by atoms with E-state index in [1.807, 2.05) is 32.0 Å². The highest BCUT2D eigenvalue weighted by molar-refractivity contribution is 9.11. The van der Waals surface area contributed by atoms with Crippen LogP contribution < -0.4 is 5.32 Å². The highest BCUT2D eigenvalue weighted by Gasteiger charge is 2.11. The largest absolute Gasteiger partial charge is 0.336 e. The molecule has 18 heavy (non-hydrogen) atoms. The number of rotatable bonds is 2. The van der Waals surface area contributed by atoms with E-state index in [9.17, 15) is 0 Å². The van der Waals surface area contributed by atoms with Crippen LogP contribution in [-0.4, -0.2) is 9.97 Å². The highest BCUT2D eigenvalue weighted by Crippen LogP contribution is 2.34. The molecule has 0 amide bonds. The van der Waals surface area contributed by atoms with Crippen molar-refractivity contribution in [3.8, 4) is 0 Å². The van der Waals surface area contributed by atoms with E-state index in [2.05, 4.69) is 47.1 Å². The van der Waals surface area contributed by atoms with Gasteiger partial charge in [-0.05, 0) is 57.8 Å². The minimum absolute atomic E-state index is 0.362. The quantitative estimate of drug-likeness (QED) is 0.782. The van der Waals surface area contributed by atoms with Crippen LogP contribution >= 0.6 is 43.5 Å². The maximum Gasteiger partial charge on any atom is 0.172 e. The van der Waals surface area contributed by atoms with Crippen LogP contribution in [0.5, 0.6) is 0 Å². The van der Waals surface area contributed by atoms with Crippen molar-refractivity contribution in [1.29, 1.82) is 0 Å². The number of benzene rings is 1. The van der Waals surface area contributed by atoms with Gasteiger partial charge in [-0.25, -0.2) is 9.97 Å². The van der Waals surface area contributed by atoms with Crippen molar-refractivity contribution in [2.24, 2.45) is 0 Å². The monoisotopic (exact) mass is 389 g/mol. The summed E-state index contributed by atoms with van der Waals surface area (Å²) in [5.74, 6) is 0.548. The Hall–Kier alpha value is -0.650. The molecule has 1 aromatic heterocycles. The average Bonchev–Trinajstić information content (AvgIpc) is 2.30. The fraction of sp³-hybridized carbons (Fsp3) is 0.167. The van der Waals surface area contributed by atoms with Crippen molar-refractivity contribution in [3.05, 3.63) is 43.7 Å². The van der Waals surface area contributed by atoms with Crippen LogP contribution in [0.25, 0.3) is 0 Å². The van der Waals surface area contributed by atoms with Crippen molar-refractivity contribution in [2.45, 2.75) is 13.8 Å². The first kappa shape index (κ1) is 13.8. The predicted molar refractivity (Wildman–Crippen MR) is 81.6 cm³/mol. The van der Waals surface area contributed by atoms with Gasteiger partial charge in [0.2, 0.25) is 0 Å². The third kappa shape index (κ3) is 2.84. The molecule has 0 radical (unpaired) electrons. The first-order chi connectivity index (χ1) is 8.49. The summed E-state index contributed by atoms with van der Waals surface area (Å²) >= 11 is 13.0. The van der Waals surface area contributed by atoms with Gasteiger partial charge in [-0.15, -0.1) is 0 Å². The van der Waals surface area contributed by atoms with E-state index in [1.54, 1.807) is 0 Å². The summed E-state index contributed by atoms with van der Waals surface area (Å²) in [5, 5.41) is 3.54. The summed E-state index contributed by atoms with van der Waals surface area (Å²) in [6.45, 7) is 3.78. The molecule has 0 unspecified atom stereocenters. The molecule has 1 aromatic carbocycles. The minimum atomic E-state index is 0.362. The first-order valence-electron chi connectivity index (χ1n) is 5.21. The Balaban J connectivity index is 2.43. The van der Waals surface area contributed by atoms with Crippen molar-refractivity contribution in [2.75, 3.05) is 5.32 Å². The van der Waals surface area contributed by atoms with Crippen molar-refractivity contribution in [3.63, 3.8) is 0 Å². The lowest BCUT2D eigenvalue weighted by atomic mass is 10.3. The van der Waals surface area contributed by atoms with E-state index < -0.39 is 0 Å². The summed E-state index contributed by atoms with van der Waals surface area (Å²) in [6, 6.07) is 5.82. The smallest absolute Gasteiger partial charge is 0.172 e. The van der Waals surface area contributed by atoms with Crippen molar-refractivity contribution in [1.82, 2.24) is 9.97 Å². The third-order valence-electron chi connectivity index (χ3n) is 2.47. The molecule has 0 fully saturated rings. The van der Waals surface area contributed by atoms with Crippen LogP contribution in [-0.2, 0) is 0 Å². The van der Waals surface area contributed by atoms with Crippen molar-refractivity contribution >= 4 is 55.0 Å². The van der Waals surface area contributed by atoms with Gasteiger partial charge in [0.15, 0.2) is 11.0 Å². The average molecular weight is 391 g/mol. The summed E-state index contributed by atoms with van der Waals surface area (Å²) in [6.07, 6.45) is 0. The molecule has 0 aliphatic carbocycles. The maximum absolute atomic E-state index is 6.09. The Morgan fingerprint density at radius 3 is 2.22 bits per heavy atom. The van der Waals surface area contributed by atoms with Gasteiger partial charge in [-0.3, -0.25) is 0 Å². The third-order valence-corrected chi connectivity index (χ3v) is 4.06. The van der Waals surface area contributed by atoms with Crippen molar-refractivity contribution < 1.29 is 0 Å². The molecular weight excluding hydrogens is 381 g/mol. The fourth-order valence-electron chi connectivity index (χ4n) is 1.39. The Bertz CT molecular complexity index is 582. The van der Waals surface area contributed by atoms with Gasteiger partial charge in [-0.1, -0.05) is 17.7 Å². The SMILES string of the molecule is Cc1nc(Cl)c(Nc2c(Br)cccc2Br)nc1C. The Kier molecular flexibility index (Phi) is 4.25. The molecule has 0 aliphatic rings. The molecule has 1 N–H and O–H groups in total. The molecule has 0 atom stereocenters. The second-order valence-corrected chi connectivity index (χ2v) is 5.82. The standard InChI is InChI=1S/C12H10Br2ClN3/c1-6-7(2)17-12(11(15)16-6)18-10-8(13)4-3-5-9(10)14/h3-5H,1-2H3,(H,17,18). The van der Waals surface area contributed by atoms with Crippen LogP contribution in [0.2, 0.25) is 5.15 Å². The molecule has 1 heterocycles. The molecule has 0 aliphatic heterocycles. The van der Waals surface area contributed by atoms with Gasteiger partial charge in [0.25, 0.3) is 0 Å². The van der Waals surface area contributed by atoms with Crippen LogP contribution in [0.4, 0.5) is 11.5 Å². The summed E-state index contributed by atoms with van der Waals surface area (Å²) in [7, 11) is 0. The molecule has 6 heteroatoms. The van der Waals surface area contributed by atoms with E-state index in [1.165, 1.54) is 0 Å². The molecule has 2 aromatic rings. The second kappa shape index (κ2) is 5.55. The van der Waals surface area contributed by atoms with Gasteiger partial charge in [0.1, 0.15) is 0 Å². The lowest BCUT2D eigenvalue weighted by Crippen LogP contribution is -2.01. The highest BCUT2D eigenvalue weighted by atomic mass is 79.9. The zero-order valence-electron chi connectivity index (χ0n) is 9.76. The zero-order valence-corrected chi connectivity index (χ0v) is 13.7. The summed E-state index contributed by atoms with van der Waals surface area (Å²) < 4.78 is 1.85. The maximum atomic E-state index is 6.09. The summed E-state index contributed by atoms with van der Waals surface area (Å²) in [4.78, 5) is 8.64. The van der Waals surface area contributed by atoms with E-state index in [4.69, 9.17) is 11.6 Å².